The second kappa shape index (κ2) is 6.20. The molecule has 4 heterocycles. The Bertz CT molecular complexity index is 885. The maximum absolute atomic E-state index is 13.1. The standard InChI is InChI=1S/C20H23N3O5/c1-10-4-5-22-11(6-10)9-28-16-8-13-12(7-15(16)22)19(26)23(20(13)27)14-2-3-17(24)21-18(14)25/h7-8,10-11,14,20,27H,2-6,9H2,1H3,(H,21,24,25)/t10?,11-,14?,20?/m1/s1. The average Bonchev–Trinajstić information content (AvgIpc) is 2.90. The number of carbonyl (C=O) groups is 3. The number of nitrogens with one attached hydrogen (secondary N) is 1. The molecule has 3 unspecified atom stereocenters. The van der Waals surface area contributed by atoms with Crippen LogP contribution in [0.1, 0.15) is 54.8 Å². The van der Waals surface area contributed by atoms with Crippen LogP contribution in [-0.2, 0) is 9.59 Å². The van der Waals surface area contributed by atoms with Crippen molar-refractivity contribution in [3.8, 4) is 5.75 Å². The van der Waals surface area contributed by atoms with Gasteiger partial charge in [0.25, 0.3) is 5.91 Å². The van der Waals surface area contributed by atoms with Gasteiger partial charge in [-0.2, -0.15) is 0 Å². The van der Waals surface area contributed by atoms with Crippen molar-refractivity contribution in [2.45, 2.75) is 50.9 Å². The third-order valence-corrected chi connectivity index (χ3v) is 6.40. The Morgan fingerprint density at radius 2 is 2.04 bits per heavy atom. The summed E-state index contributed by atoms with van der Waals surface area (Å²) >= 11 is 0. The van der Waals surface area contributed by atoms with Gasteiger partial charge in [0.1, 0.15) is 18.4 Å². The average molecular weight is 385 g/mol. The molecule has 1 aromatic carbocycles. The molecule has 5 rings (SSSR count). The van der Waals surface area contributed by atoms with E-state index in [-0.39, 0.29) is 24.7 Å². The van der Waals surface area contributed by atoms with Crippen LogP contribution in [-0.4, -0.2) is 53.0 Å². The molecule has 4 aliphatic heterocycles. The molecule has 0 radical (unpaired) electrons. The molecule has 8 heteroatoms. The van der Waals surface area contributed by atoms with Crippen LogP contribution in [0.15, 0.2) is 12.1 Å². The van der Waals surface area contributed by atoms with Crippen molar-refractivity contribution in [3.63, 3.8) is 0 Å². The van der Waals surface area contributed by atoms with E-state index in [2.05, 4.69) is 17.1 Å². The van der Waals surface area contributed by atoms with Crippen LogP contribution in [0.4, 0.5) is 5.69 Å². The van der Waals surface area contributed by atoms with E-state index >= 15 is 0 Å². The molecule has 2 N–H and O–H groups in total. The number of benzene rings is 1. The van der Waals surface area contributed by atoms with Gasteiger partial charge in [-0.05, 0) is 37.3 Å². The fourth-order valence-corrected chi connectivity index (χ4v) is 4.90. The van der Waals surface area contributed by atoms with Gasteiger partial charge in [0, 0.05) is 24.1 Å². The monoisotopic (exact) mass is 385 g/mol. The summed E-state index contributed by atoms with van der Waals surface area (Å²) in [6.07, 6.45) is 1.28. The van der Waals surface area contributed by atoms with Crippen LogP contribution in [0.2, 0.25) is 0 Å². The predicted molar refractivity (Wildman–Crippen MR) is 98.8 cm³/mol. The van der Waals surface area contributed by atoms with Crippen molar-refractivity contribution >= 4 is 23.4 Å². The number of nitrogens with zero attached hydrogens (tertiary/aromatic N) is 2. The van der Waals surface area contributed by atoms with E-state index in [1.54, 1.807) is 12.1 Å². The summed E-state index contributed by atoms with van der Waals surface area (Å²) in [5.74, 6) is 0.0396. The number of hydrogen-bond donors (Lipinski definition) is 2. The highest BCUT2D eigenvalue weighted by molar-refractivity contribution is 6.06. The largest absolute Gasteiger partial charge is 0.489 e. The Morgan fingerprint density at radius 3 is 2.82 bits per heavy atom. The smallest absolute Gasteiger partial charge is 0.257 e. The first-order valence-corrected chi connectivity index (χ1v) is 9.86. The zero-order chi connectivity index (χ0) is 19.6. The van der Waals surface area contributed by atoms with E-state index in [0.717, 1.165) is 25.1 Å². The lowest BCUT2D eigenvalue weighted by molar-refractivity contribution is -0.139. The zero-order valence-corrected chi connectivity index (χ0v) is 15.7. The molecule has 28 heavy (non-hydrogen) atoms. The fraction of sp³-hybridized carbons (Fsp3) is 0.550. The molecule has 0 aliphatic carbocycles. The molecule has 148 valence electrons. The highest BCUT2D eigenvalue weighted by atomic mass is 16.5. The number of aliphatic hydroxyl groups is 1. The number of anilines is 1. The van der Waals surface area contributed by atoms with E-state index < -0.39 is 18.2 Å². The number of hydrogen-bond acceptors (Lipinski definition) is 6. The minimum absolute atomic E-state index is 0.149. The molecule has 1 aromatic rings. The van der Waals surface area contributed by atoms with Crippen LogP contribution < -0.4 is 15.0 Å². The van der Waals surface area contributed by atoms with E-state index in [1.807, 2.05) is 0 Å². The first-order chi connectivity index (χ1) is 13.4. The molecule has 0 bridgehead atoms. The first kappa shape index (κ1) is 17.5. The fourth-order valence-electron chi connectivity index (χ4n) is 4.90. The van der Waals surface area contributed by atoms with Crippen LogP contribution in [0, 0.1) is 5.92 Å². The van der Waals surface area contributed by atoms with Crippen molar-refractivity contribution in [3.05, 3.63) is 23.3 Å². The van der Waals surface area contributed by atoms with Gasteiger partial charge < -0.3 is 14.7 Å². The lowest BCUT2D eigenvalue weighted by Crippen LogP contribution is -2.53. The van der Waals surface area contributed by atoms with Crippen LogP contribution >= 0.6 is 0 Å². The summed E-state index contributed by atoms with van der Waals surface area (Å²) in [6.45, 7) is 3.75. The Morgan fingerprint density at radius 1 is 1.21 bits per heavy atom. The van der Waals surface area contributed by atoms with E-state index in [1.165, 1.54) is 4.90 Å². The highest BCUT2D eigenvalue weighted by Crippen LogP contribution is 2.45. The minimum atomic E-state index is -1.22. The Labute approximate surface area is 162 Å². The molecule has 0 spiro atoms. The van der Waals surface area contributed by atoms with E-state index in [4.69, 9.17) is 4.74 Å². The second-order valence-electron chi connectivity index (χ2n) is 8.25. The van der Waals surface area contributed by atoms with Crippen LogP contribution in [0.3, 0.4) is 0 Å². The lowest BCUT2D eigenvalue weighted by atomic mass is 9.91. The van der Waals surface area contributed by atoms with Gasteiger partial charge in [0.05, 0.1) is 11.7 Å². The Kier molecular flexibility index (Phi) is 3.87. The number of fused-ring (bicyclic) bond motifs is 4. The van der Waals surface area contributed by atoms with Crippen LogP contribution in [0.5, 0.6) is 5.75 Å². The van der Waals surface area contributed by atoms with Gasteiger partial charge >= 0.3 is 0 Å². The molecule has 2 fully saturated rings. The van der Waals surface area contributed by atoms with Gasteiger partial charge in [-0.25, -0.2) is 0 Å². The normalized spacial score (nSPS) is 31.7. The van der Waals surface area contributed by atoms with Crippen molar-refractivity contribution in [1.29, 1.82) is 0 Å². The number of piperidine rings is 2. The molecule has 3 amide bonds. The number of rotatable bonds is 1. The first-order valence-electron chi connectivity index (χ1n) is 9.86. The van der Waals surface area contributed by atoms with Crippen molar-refractivity contribution < 1.29 is 24.2 Å². The molecule has 4 aliphatic rings. The van der Waals surface area contributed by atoms with Gasteiger partial charge in [0.15, 0.2) is 6.23 Å². The summed E-state index contributed by atoms with van der Waals surface area (Å²) in [4.78, 5) is 40.2. The number of carbonyl (C=O) groups excluding carboxylic acids is 3. The Hall–Kier alpha value is -2.61. The Balaban J connectivity index is 1.49. The molecule has 2 saturated heterocycles. The number of imide groups is 1. The van der Waals surface area contributed by atoms with Crippen molar-refractivity contribution in [2.75, 3.05) is 18.1 Å². The molecule has 0 saturated carbocycles. The summed E-state index contributed by atoms with van der Waals surface area (Å²) in [7, 11) is 0. The zero-order valence-electron chi connectivity index (χ0n) is 15.7. The summed E-state index contributed by atoms with van der Waals surface area (Å²) in [5, 5.41) is 13.0. The summed E-state index contributed by atoms with van der Waals surface area (Å²) in [5.41, 5.74) is 1.74. The second-order valence-corrected chi connectivity index (χ2v) is 8.25. The molecular weight excluding hydrogens is 362 g/mol. The van der Waals surface area contributed by atoms with Crippen molar-refractivity contribution in [1.82, 2.24) is 10.2 Å². The molecule has 4 atom stereocenters. The van der Waals surface area contributed by atoms with Gasteiger partial charge in [-0.15, -0.1) is 0 Å². The molecule has 0 aromatic heterocycles. The van der Waals surface area contributed by atoms with Gasteiger partial charge in [-0.3, -0.25) is 24.6 Å². The maximum atomic E-state index is 13.1. The number of ether oxygens (including phenoxy) is 1. The van der Waals surface area contributed by atoms with Gasteiger partial charge in [-0.1, -0.05) is 6.92 Å². The SMILES string of the molecule is CC1CCN2c3cc4c(cc3OC[C@H]2C1)C(O)N(C1CCC(=O)NC1=O)C4=O. The lowest BCUT2D eigenvalue weighted by Gasteiger charge is -2.43. The third kappa shape index (κ3) is 2.51. The molecule has 8 nitrogen and oxygen atoms in total. The van der Waals surface area contributed by atoms with E-state index in [0.29, 0.717) is 35.4 Å². The minimum Gasteiger partial charge on any atom is -0.489 e. The van der Waals surface area contributed by atoms with Crippen molar-refractivity contribution in [2.24, 2.45) is 5.92 Å². The third-order valence-electron chi connectivity index (χ3n) is 6.40. The number of amides is 3. The highest BCUT2D eigenvalue weighted by Gasteiger charge is 2.46. The van der Waals surface area contributed by atoms with E-state index in [9.17, 15) is 19.5 Å². The van der Waals surface area contributed by atoms with Crippen LogP contribution in [0.25, 0.3) is 0 Å². The maximum Gasteiger partial charge on any atom is 0.257 e. The molecular formula is C20H23N3O5. The summed E-state index contributed by atoms with van der Waals surface area (Å²) in [6, 6.07) is 2.97. The predicted octanol–water partition coefficient (Wildman–Crippen LogP) is 0.936. The van der Waals surface area contributed by atoms with Gasteiger partial charge in [0.2, 0.25) is 11.8 Å². The number of aliphatic hydroxyl groups excluding tert-OH is 1. The topological polar surface area (TPSA) is 99.2 Å². The summed E-state index contributed by atoms with van der Waals surface area (Å²) < 4.78 is 5.96. The quantitative estimate of drug-likeness (QED) is 0.698.